The van der Waals surface area contributed by atoms with E-state index in [9.17, 15) is 0 Å². The fourth-order valence-corrected chi connectivity index (χ4v) is 1.62. The zero-order valence-electron chi connectivity index (χ0n) is 7.17. The van der Waals surface area contributed by atoms with E-state index >= 15 is 0 Å². The van der Waals surface area contributed by atoms with E-state index in [4.69, 9.17) is 23.2 Å². The summed E-state index contributed by atoms with van der Waals surface area (Å²) in [4.78, 5) is 7.97. The molecule has 2 rings (SSSR count). The number of rotatable bonds is 1. The van der Waals surface area contributed by atoms with E-state index < -0.39 is 0 Å². The standard InChI is InChI=1S/C10H6Cl2N2/c1-2-6-4-14-10(12)8-5-13-9(11)3-7(6)8/h2-5H,1H2. The van der Waals surface area contributed by atoms with Crippen LogP contribution in [0, 0.1) is 0 Å². The molecular weight excluding hydrogens is 219 g/mol. The summed E-state index contributed by atoms with van der Waals surface area (Å²) in [6.07, 6.45) is 4.98. The molecule has 0 amide bonds. The molecule has 4 heteroatoms. The van der Waals surface area contributed by atoms with Gasteiger partial charge in [0.25, 0.3) is 0 Å². The Morgan fingerprint density at radius 2 is 1.93 bits per heavy atom. The molecule has 0 radical (unpaired) electrons. The third-order valence-corrected chi connectivity index (χ3v) is 2.45. The van der Waals surface area contributed by atoms with Crippen molar-refractivity contribution in [2.24, 2.45) is 0 Å². The summed E-state index contributed by atoms with van der Waals surface area (Å²) in [5.74, 6) is 0. The Hall–Kier alpha value is -1.12. The van der Waals surface area contributed by atoms with Crippen LogP contribution in [0.2, 0.25) is 10.3 Å². The highest BCUT2D eigenvalue weighted by molar-refractivity contribution is 6.35. The molecular formula is C10H6Cl2N2. The van der Waals surface area contributed by atoms with Gasteiger partial charge in [-0.15, -0.1) is 0 Å². The van der Waals surface area contributed by atoms with Gasteiger partial charge in [-0.2, -0.15) is 0 Å². The number of aromatic nitrogens is 2. The van der Waals surface area contributed by atoms with Crippen LogP contribution < -0.4 is 0 Å². The summed E-state index contributed by atoms with van der Waals surface area (Å²) in [6.45, 7) is 3.69. The predicted octanol–water partition coefficient (Wildman–Crippen LogP) is 3.58. The maximum Gasteiger partial charge on any atom is 0.138 e. The van der Waals surface area contributed by atoms with Crippen molar-refractivity contribution in [1.29, 1.82) is 0 Å². The molecule has 14 heavy (non-hydrogen) atoms. The van der Waals surface area contributed by atoms with Gasteiger partial charge in [-0.25, -0.2) is 9.97 Å². The van der Waals surface area contributed by atoms with Gasteiger partial charge in [-0.05, 0) is 11.5 Å². The number of fused-ring (bicyclic) bond motifs is 1. The number of hydrogen-bond acceptors (Lipinski definition) is 2. The molecule has 0 saturated carbocycles. The highest BCUT2D eigenvalue weighted by Gasteiger charge is 2.04. The van der Waals surface area contributed by atoms with Crippen LogP contribution in [0.3, 0.4) is 0 Å². The van der Waals surface area contributed by atoms with E-state index in [1.54, 1.807) is 24.5 Å². The smallest absolute Gasteiger partial charge is 0.138 e. The SMILES string of the molecule is C=Cc1cnc(Cl)c2cnc(Cl)cc12. The molecule has 2 aromatic rings. The fourth-order valence-electron chi connectivity index (χ4n) is 1.26. The third kappa shape index (κ3) is 1.47. The van der Waals surface area contributed by atoms with Gasteiger partial charge in [-0.1, -0.05) is 35.9 Å². The van der Waals surface area contributed by atoms with Gasteiger partial charge in [0.1, 0.15) is 10.3 Å². The van der Waals surface area contributed by atoms with Crippen LogP contribution in [-0.2, 0) is 0 Å². The minimum Gasteiger partial charge on any atom is -0.244 e. The van der Waals surface area contributed by atoms with Gasteiger partial charge in [0.15, 0.2) is 0 Å². The zero-order valence-corrected chi connectivity index (χ0v) is 8.68. The highest BCUT2D eigenvalue weighted by Crippen LogP contribution is 2.26. The lowest BCUT2D eigenvalue weighted by Crippen LogP contribution is -1.85. The van der Waals surface area contributed by atoms with Crippen molar-refractivity contribution in [1.82, 2.24) is 9.97 Å². The monoisotopic (exact) mass is 224 g/mol. The van der Waals surface area contributed by atoms with Crippen LogP contribution in [0.5, 0.6) is 0 Å². The van der Waals surface area contributed by atoms with E-state index in [-0.39, 0.29) is 0 Å². The van der Waals surface area contributed by atoms with E-state index in [1.807, 2.05) is 0 Å². The van der Waals surface area contributed by atoms with Crippen LogP contribution in [0.15, 0.2) is 25.0 Å². The topological polar surface area (TPSA) is 25.8 Å². The average Bonchev–Trinajstić information content (AvgIpc) is 2.18. The van der Waals surface area contributed by atoms with Crippen LogP contribution in [0.1, 0.15) is 5.56 Å². The second kappa shape index (κ2) is 3.56. The van der Waals surface area contributed by atoms with E-state index in [1.165, 1.54) is 0 Å². The van der Waals surface area contributed by atoms with Gasteiger partial charge in [0.2, 0.25) is 0 Å². The Bertz CT molecular complexity index is 509. The van der Waals surface area contributed by atoms with Crippen molar-refractivity contribution in [2.45, 2.75) is 0 Å². The first-order chi connectivity index (χ1) is 6.72. The maximum atomic E-state index is 5.91. The zero-order chi connectivity index (χ0) is 10.1. The molecule has 0 bridgehead atoms. The quantitative estimate of drug-likeness (QED) is 0.693. The predicted molar refractivity (Wildman–Crippen MR) is 59.6 cm³/mol. The lowest BCUT2D eigenvalue weighted by atomic mass is 10.1. The normalized spacial score (nSPS) is 10.4. The van der Waals surface area contributed by atoms with Gasteiger partial charge in [0.05, 0.1) is 0 Å². The van der Waals surface area contributed by atoms with Crippen LogP contribution in [0.25, 0.3) is 16.8 Å². The van der Waals surface area contributed by atoms with E-state index in [0.717, 1.165) is 16.3 Å². The lowest BCUT2D eigenvalue weighted by Gasteiger charge is -2.03. The molecule has 0 aromatic carbocycles. The molecule has 2 heterocycles. The Balaban J connectivity index is 2.92. The Morgan fingerprint density at radius 1 is 1.14 bits per heavy atom. The maximum absolute atomic E-state index is 5.91. The largest absolute Gasteiger partial charge is 0.244 e. The molecule has 0 aliphatic heterocycles. The molecule has 0 aliphatic rings. The minimum atomic E-state index is 0.426. The van der Waals surface area contributed by atoms with Gasteiger partial charge in [-0.3, -0.25) is 0 Å². The van der Waals surface area contributed by atoms with Gasteiger partial charge in [0, 0.05) is 23.3 Å². The molecule has 70 valence electrons. The summed E-state index contributed by atoms with van der Waals surface area (Å²) < 4.78 is 0. The number of hydrogen-bond donors (Lipinski definition) is 0. The van der Waals surface area contributed by atoms with Crippen molar-refractivity contribution in [3.05, 3.63) is 40.9 Å². The van der Waals surface area contributed by atoms with Crippen molar-refractivity contribution >= 4 is 40.1 Å². The second-order valence-corrected chi connectivity index (χ2v) is 3.51. The second-order valence-electron chi connectivity index (χ2n) is 2.76. The molecule has 0 unspecified atom stereocenters. The molecule has 0 saturated heterocycles. The Kier molecular flexibility index (Phi) is 2.40. The third-order valence-electron chi connectivity index (χ3n) is 1.94. The van der Waals surface area contributed by atoms with Crippen molar-refractivity contribution in [3.63, 3.8) is 0 Å². The van der Waals surface area contributed by atoms with Crippen molar-refractivity contribution in [3.8, 4) is 0 Å². The van der Waals surface area contributed by atoms with Crippen molar-refractivity contribution in [2.75, 3.05) is 0 Å². The summed E-state index contributed by atoms with van der Waals surface area (Å²) in [5, 5.41) is 2.56. The van der Waals surface area contributed by atoms with E-state index in [0.29, 0.717) is 10.3 Å². The summed E-state index contributed by atoms with van der Waals surface area (Å²) >= 11 is 11.7. The Morgan fingerprint density at radius 3 is 2.64 bits per heavy atom. The minimum absolute atomic E-state index is 0.426. The highest BCUT2D eigenvalue weighted by atomic mass is 35.5. The molecule has 0 atom stereocenters. The first-order valence-electron chi connectivity index (χ1n) is 3.94. The molecule has 0 N–H and O–H groups in total. The number of halogens is 2. The Labute approximate surface area is 91.2 Å². The lowest BCUT2D eigenvalue weighted by molar-refractivity contribution is 1.31. The van der Waals surface area contributed by atoms with Crippen LogP contribution >= 0.6 is 23.2 Å². The molecule has 0 spiro atoms. The first-order valence-corrected chi connectivity index (χ1v) is 4.70. The molecule has 0 fully saturated rings. The number of pyridine rings is 2. The van der Waals surface area contributed by atoms with Gasteiger partial charge < -0.3 is 0 Å². The molecule has 2 aromatic heterocycles. The summed E-state index contributed by atoms with van der Waals surface area (Å²) in [7, 11) is 0. The van der Waals surface area contributed by atoms with Crippen molar-refractivity contribution < 1.29 is 0 Å². The summed E-state index contributed by atoms with van der Waals surface area (Å²) in [6, 6.07) is 1.75. The van der Waals surface area contributed by atoms with Gasteiger partial charge >= 0.3 is 0 Å². The average molecular weight is 225 g/mol. The number of nitrogens with zero attached hydrogens (tertiary/aromatic N) is 2. The van der Waals surface area contributed by atoms with Crippen LogP contribution in [-0.4, -0.2) is 9.97 Å². The van der Waals surface area contributed by atoms with E-state index in [2.05, 4.69) is 16.5 Å². The fraction of sp³-hybridized carbons (Fsp3) is 0. The van der Waals surface area contributed by atoms with Crippen LogP contribution in [0.4, 0.5) is 0 Å². The molecule has 0 aliphatic carbocycles. The molecule has 2 nitrogen and oxygen atoms in total. The first kappa shape index (κ1) is 9.44. The summed E-state index contributed by atoms with van der Waals surface area (Å²) in [5.41, 5.74) is 0.897.